The van der Waals surface area contributed by atoms with Crippen molar-refractivity contribution >= 4 is 18.0 Å². The third-order valence-electron chi connectivity index (χ3n) is 7.04. The number of hydrogen-bond acceptors (Lipinski definition) is 7. The summed E-state index contributed by atoms with van der Waals surface area (Å²) in [6.45, 7) is 6.45. The fraction of sp³-hybridized carbons (Fsp3) is 0.481. The van der Waals surface area contributed by atoms with E-state index < -0.39 is 0 Å². The number of allylic oxidation sites excluding steroid dienone is 1. The zero-order valence-corrected chi connectivity index (χ0v) is 20.7. The highest BCUT2D eigenvalue weighted by Gasteiger charge is 2.61. The van der Waals surface area contributed by atoms with Gasteiger partial charge in [0.2, 0.25) is 11.7 Å². The molecule has 0 bridgehead atoms. The Morgan fingerprint density at radius 1 is 1.23 bits per heavy atom. The van der Waals surface area contributed by atoms with Crippen molar-refractivity contribution in [1.29, 1.82) is 0 Å². The Hall–Kier alpha value is -3.26. The number of hydrogen-bond donors (Lipinski definition) is 1. The highest BCUT2D eigenvalue weighted by molar-refractivity contribution is 5.92. The third-order valence-corrected chi connectivity index (χ3v) is 7.04. The van der Waals surface area contributed by atoms with Gasteiger partial charge in [0.25, 0.3) is 0 Å². The first-order chi connectivity index (χ1) is 16.8. The maximum absolute atomic E-state index is 12.5. The van der Waals surface area contributed by atoms with Crippen LogP contribution in [0.15, 0.2) is 42.0 Å². The number of carbonyl (C=O) groups is 2. The van der Waals surface area contributed by atoms with Crippen molar-refractivity contribution in [3.05, 3.63) is 47.6 Å². The minimum atomic E-state index is -0.326. The molecule has 1 amide bonds. The predicted octanol–water partition coefficient (Wildman–Crippen LogP) is 3.60. The Labute approximate surface area is 205 Å². The average molecular weight is 484 g/mol. The second-order valence-electron chi connectivity index (χ2n) is 9.30. The van der Waals surface area contributed by atoms with Gasteiger partial charge in [0.05, 0.1) is 26.9 Å². The van der Waals surface area contributed by atoms with Gasteiger partial charge in [0.1, 0.15) is 12.2 Å². The Morgan fingerprint density at radius 3 is 2.60 bits per heavy atom. The molecule has 4 atom stereocenters. The minimum absolute atomic E-state index is 0.0635. The van der Waals surface area contributed by atoms with Gasteiger partial charge < -0.3 is 29.0 Å². The van der Waals surface area contributed by atoms with Gasteiger partial charge in [0.15, 0.2) is 11.5 Å². The van der Waals surface area contributed by atoms with Gasteiger partial charge in [-0.15, -0.1) is 0 Å². The fourth-order valence-corrected chi connectivity index (χ4v) is 4.91. The SMILES string of the molecule is C=C1C(=O)O[C@H]2[C@H]1CCC(CNC(=O)C=Cc1cc(OC)c(OC)c(OC)c1)=CCC[C@@]1(C)O[C@@H]21. The van der Waals surface area contributed by atoms with Crippen LogP contribution in [-0.2, 0) is 19.1 Å². The molecular weight excluding hydrogens is 450 g/mol. The Balaban J connectivity index is 1.39. The molecule has 0 radical (unpaired) electrons. The van der Waals surface area contributed by atoms with E-state index in [1.807, 2.05) is 0 Å². The highest BCUT2D eigenvalue weighted by Crippen LogP contribution is 2.49. The van der Waals surface area contributed by atoms with Gasteiger partial charge >= 0.3 is 5.97 Å². The number of epoxide rings is 1. The number of rotatable bonds is 7. The van der Waals surface area contributed by atoms with Crippen LogP contribution in [0.2, 0.25) is 0 Å². The fourth-order valence-electron chi connectivity index (χ4n) is 4.91. The molecule has 2 aliphatic heterocycles. The van der Waals surface area contributed by atoms with Crippen LogP contribution >= 0.6 is 0 Å². The van der Waals surface area contributed by atoms with Gasteiger partial charge in [-0.05, 0) is 56.4 Å². The third kappa shape index (κ3) is 5.22. The van der Waals surface area contributed by atoms with Crippen LogP contribution in [-0.4, -0.2) is 57.6 Å². The van der Waals surface area contributed by atoms with Gasteiger partial charge in [-0.2, -0.15) is 0 Å². The van der Waals surface area contributed by atoms with Crippen LogP contribution in [0.4, 0.5) is 0 Å². The van der Waals surface area contributed by atoms with E-state index in [9.17, 15) is 9.59 Å². The van der Waals surface area contributed by atoms with Crippen molar-refractivity contribution < 1.29 is 33.3 Å². The van der Waals surface area contributed by atoms with E-state index in [1.54, 1.807) is 39.5 Å². The van der Waals surface area contributed by atoms with E-state index in [-0.39, 0.29) is 35.6 Å². The maximum Gasteiger partial charge on any atom is 0.334 e. The molecule has 1 aromatic rings. The van der Waals surface area contributed by atoms with E-state index in [0.29, 0.717) is 29.4 Å². The summed E-state index contributed by atoms with van der Waals surface area (Å²) in [5, 5.41) is 2.96. The number of nitrogens with one attached hydrogen (secondary N) is 1. The number of ether oxygens (including phenoxy) is 5. The van der Waals surface area contributed by atoms with E-state index in [0.717, 1.165) is 36.8 Å². The lowest BCUT2D eigenvalue weighted by molar-refractivity contribution is -0.140. The molecule has 8 heteroatoms. The molecule has 0 aromatic heterocycles. The minimum Gasteiger partial charge on any atom is -0.493 e. The van der Waals surface area contributed by atoms with Crippen molar-refractivity contribution in [2.45, 2.75) is 50.4 Å². The molecule has 2 fully saturated rings. The number of esters is 1. The van der Waals surface area contributed by atoms with Crippen LogP contribution in [0.25, 0.3) is 6.08 Å². The van der Waals surface area contributed by atoms with Crippen LogP contribution in [0.5, 0.6) is 17.2 Å². The Bertz CT molecular complexity index is 1050. The molecule has 0 spiro atoms. The first-order valence-corrected chi connectivity index (χ1v) is 11.8. The summed E-state index contributed by atoms with van der Waals surface area (Å²) in [5.74, 6) is 0.928. The van der Waals surface area contributed by atoms with E-state index in [1.165, 1.54) is 6.08 Å². The monoisotopic (exact) mass is 483 g/mol. The molecule has 3 aliphatic rings. The van der Waals surface area contributed by atoms with E-state index >= 15 is 0 Å². The number of benzene rings is 1. The maximum atomic E-state index is 12.5. The normalized spacial score (nSPS) is 27.9. The van der Waals surface area contributed by atoms with Crippen LogP contribution in [0.1, 0.15) is 38.2 Å². The zero-order chi connectivity index (χ0) is 25.2. The second-order valence-corrected chi connectivity index (χ2v) is 9.30. The van der Waals surface area contributed by atoms with Gasteiger partial charge in [-0.1, -0.05) is 18.2 Å². The average Bonchev–Trinajstić information content (AvgIpc) is 3.45. The lowest BCUT2D eigenvalue weighted by Crippen LogP contribution is -2.29. The summed E-state index contributed by atoms with van der Waals surface area (Å²) < 4.78 is 27.6. The van der Waals surface area contributed by atoms with Crippen molar-refractivity contribution in [3.8, 4) is 17.2 Å². The number of amides is 1. The van der Waals surface area contributed by atoms with Gasteiger partial charge in [0, 0.05) is 24.1 Å². The summed E-state index contributed by atoms with van der Waals surface area (Å²) in [6.07, 6.45) is 8.17. The standard InChI is InChI=1S/C27H33NO7/c1-16-19-10-8-17(7-6-12-27(2)25(35-27)23(19)34-26(16)30)15-28-22(29)11-9-18-13-20(31-3)24(33-5)21(14-18)32-4/h7,9,11,13-14,19,23,25H,1,6,8,10,12,15H2,2-5H3,(H,28,29)/t19-,23-,25-,27+/m0/s1. The molecule has 2 heterocycles. The molecule has 1 aromatic carbocycles. The molecule has 0 saturated carbocycles. The molecule has 1 N–H and O–H groups in total. The summed E-state index contributed by atoms with van der Waals surface area (Å²) >= 11 is 0. The first-order valence-electron chi connectivity index (χ1n) is 11.8. The predicted molar refractivity (Wildman–Crippen MR) is 130 cm³/mol. The summed E-state index contributed by atoms with van der Waals surface area (Å²) in [6, 6.07) is 3.55. The summed E-state index contributed by atoms with van der Waals surface area (Å²) in [4.78, 5) is 24.7. The molecule has 8 nitrogen and oxygen atoms in total. The molecule has 1 aliphatic carbocycles. The quantitative estimate of drug-likeness (QED) is 0.274. The van der Waals surface area contributed by atoms with Gasteiger partial charge in [-0.25, -0.2) is 4.79 Å². The first kappa shape index (κ1) is 24.9. The smallest absolute Gasteiger partial charge is 0.334 e. The highest BCUT2D eigenvalue weighted by atomic mass is 16.6. The van der Waals surface area contributed by atoms with Crippen molar-refractivity contribution in [3.63, 3.8) is 0 Å². The number of methoxy groups -OCH3 is 3. The number of fused-ring (bicyclic) bond motifs is 3. The van der Waals surface area contributed by atoms with Crippen molar-refractivity contribution in [2.75, 3.05) is 27.9 Å². The Kier molecular flexibility index (Phi) is 7.21. The molecule has 2 saturated heterocycles. The van der Waals surface area contributed by atoms with Crippen molar-refractivity contribution in [2.24, 2.45) is 5.92 Å². The summed E-state index contributed by atoms with van der Waals surface area (Å²) in [7, 11) is 4.64. The lowest BCUT2D eigenvalue weighted by atomic mass is 9.84. The largest absolute Gasteiger partial charge is 0.493 e. The lowest BCUT2D eigenvalue weighted by Gasteiger charge is -2.20. The Morgan fingerprint density at radius 2 is 1.94 bits per heavy atom. The molecular formula is C27H33NO7. The zero-order valence-electron chi connectivity index (χ0n) is 20.7. The van der Waals surface area contributed by atoms with Crippen LogP contribution < -0.4 is 19.5 Å². The van der Waals surface area contributed by atoms with Gasteiger partial charge in [-0.3, -0.25) is 4.79 Å². The molecule has 0 unspecified atom stereocenters. The molecule has 4 rings (SSSR count). The topological polar surface area (TPSA) is 95.6 Å². The van der Waals surface area contributed by atoms with E-state index in [2.05, 4.69) is 24.9 Å². The number of carbonyl (C=O) groups excluding carboxylic acids is 2. The molecule has 35 heavy (non-hydrogen) atoms. The van der Waals surface area contributed by atoms with Crippen LogP contribution in [0, 0.1) is 5.92 Å². The van der Waals surface area contributed by atoms with Crippen LogP contribution in [0.3, 0.4) is 0 Å². The van der Waals surface area contributed by atoms with Crippen molar-refractivity contribution in [1.82, 2.24) is 5.32 Å². The molecule has 188 valence electrons. The van der Waals surface area contributed by atoms with E-state index in [4.69, 9.17) is 23.7 Å². The summed E-state index contributed by atoms with van der Waals surface area (Å²) in [5.41, 5.74) is 2.10. The second kappa shape index (κ2) is 10.2.